The lowest BCUT2D eigenvalue weighted by Gasteiger charge is -2.26. The Hall–Kier alpha value is -3.51. The predicted molar refractivity (Wildman–Crippen MR) is 115 cm³/mol. The molecule has 1 aliphatic rings. The second-order valence-electron chi connectivity index (χ2n) is 7.19. The zero-order chi connectivity index (χ0) is 19.0. The fraction of sp³-hybridized carbons (Fsp3) is 0.136. The number of anilines is 1. The lowest BCUT2D eigenvalue weighted by Crippen LogP contribution is -2.44. The Morgan fingerprint density at radius 3 is 2.93 bits per heavy atom. The molecule has 6 heteroatoms. The highest BCUT2D eigenvalue weighted by atomic mass is 15.2. The third kappa shape index (κ3) is 3.14. The number of aryl methyl sites for hydroxylation is 1. The largest absolute Gasteiger partial charge is 0.361 e. The van der Waals surface area contributed by atoms with Crippen LogP contribution < -0.4 is 16.4 Å². The Bertz CT molecular complexity index is 1200. The van der Waals surface area contributed by atoms with Crippen molar-refractivity contribution in [2.45, 2.75) is 18.5 Å². The van der Waals surface area contributed by atoms with Crippen molar-refractivity contribution >= 4 is 33.5 Å². The number of para-hydroxylation sites is 1. The molecule has 2 aromatic carbocycles. The van der Waals surface area contributed by atoms with E-state index in [0.717, 1.165) is 23.1 Å². The summed E-state index contributed by atoms with van der Waals surface area (Å²) in [6, 6.07) is 16.5. The molecular weight excluding hydrogens is 348 g/mol. The number of aromatic amines is 2. The molecule has 0 amide bonds. The number of nitrogens with zero attached hydrogens (tertiary/aromatic N) is 1. The standard InChI is InChI=1S/C22H22N6/c23-22(9-7-16-14-26-19-4-2-1-3-18(16)19)10-12-25-21(28-22)27-17-6-5-15-8-11-24-20(15)13-17/h1-6,8,10-14,24,26H,7,9,23H2,(H2,25,27,28). The summed E-state index contributed by atoms with van der Waals surface area (Å²) in [5, 5.41) is 8.89. The first-order chi connectivity index (χ1) is 13.7. The highest BCUT2D eigenvalue weighted by Gasteiger charge is 2.24. The third-order valence-corrected chi connectivity index (χ3v) is 5.20. The molecular formula is C22H22N6. The number of aromatic nitrogens is 2. The first kappa shape index (κ1) is 16.6. The van der Waals surface area contributed by atoms with Gasteiger partial charge in [0, 0.05) is 40.7 Å². The van der Waals surface area contributed by atoms with Gasteiger partial charge >= 0.3 is 0 Å². The maximum atomic E-state index is 6.57. The second-order valence-corrected chi connectivity index (χ2v) is 7.19. The topological polar surface area (TPSA) is 94.0 Å². The molecule has 1 unspecified atom stereocenters. The van der Waals surface area contributed by atoms with E-state index in [1.165, 1.54) is 16.3 Å². The van der Waals surface area contributed by atoms with E-state index in [2.05, 4.69) is 57.1 Å². The Kier molecular flexibility index (Phi) is 3.91. The first-order valence-corrected chi connectivity index (χ1v) is 9.41. The van der Waals surface area contributed by atoms with Crippen molar-refractivity contribution in [3.8, 4) is 0 Å². The van der Waals surface area contributed by atoms with Gasteiger partial charge in [-0.1, -0.05) is 24.3 Å². The van der Waals surface area contributed by atoms with E-state index in [1.807, 2.05) is 36.7 Å². The van der Waals surface area contributed by atoms with Gasteiger partial charge in [-0.15, -0.1) is 0 Å². The average Bonchev–Trinajstić information content (AvgIpc) is 3.33. The van der Waals surface area contributed by atoms with Crippen LogP contribution in [-0.4, -0.2) is 21.6 Å². The number of guanidine groups is 1. The van der Waals surface area contributed by atoms with Crippen LogP contribution in [0.25, 0.3) is 21.8 Å². The molecule has 1 atom stereocenters. The molecule has 0 saturated heterocycles. The van der Waals surface area contributed by atoms with Gasteiger partial charge < -0.3 is 26.3 Å². The number of nitrogens with one attached hydrogen (secondary N) is 4. The van der Waals surface area contributed by atoms with Crippen LogP contribution in [0.1, 0.15) is 12.0 Å². The lowest BCUT2D eigenvalue weighted by molar-refractivity contribution is 0.502. The van der Waals surface area contributed by atoms with E-state index in [4.69, 9.17) is 10.7 Å². The van der Waals surface area contributed by atoms with Gasteiger partial charge in [-0.25, -0.2) is 4.99 Å². The molecule has 6 nitrogen and oxygen atoms in total. The fourth-order valence-corrected chi connectivity index (χ4v) is 3.68. The number of H-pyrrole nitrogens is 2. The summed E-state index contributed by atoms with van der Waals surface area (Å²) >= 11 is 0. The SMILES string of the molecule is NC1(CCc2c[nH]c3ccccc23)C=CNC(Nc2ccc3cc[nH]c3c2)=N1. The quantitative estimate of drug-likeness (QED) is 0.378. The molecule has 1 aliphatic heterocycles. The molecule has 0 aliphatic carbocycles. The predicted octanol–water partition coefficient (Wildman–Crippen LogP) is 3.82. The van der Waals surface area contributed by atoms with Gasteiger partial charge in [0.15, 0.2) is 0 Å². The third-order valence-electron chi connectivity index (χ3n) is 5.20. The minimum Gasteiger partial charge on any atom is -0.361 e. The maximum Gasteiger partial charge on any atom is 0.202 e. The van der Waals surface area contributed by atoms with E-state index in [9.17, 15) is 0 Å². The monoisotopic (exact) mass is 370 g/mol. The van der Waals surface area contributed by atoms with Crippen LogP contribution in [-0.2, 0) is 6.42 Å². The van der Waals surface area contributed by atoms with Gasteiger partial charge in [-0.05, 0) is 54.1 Å². The van der Waals surface area contributed by atoms with Crippen LogP contribution in [0.4, 0.5) is 5.69 Å². The second kappa shape index (κ2) is 6.58. The first-order valence-electron chi connectivity index (χ1n) is 9.41. The molecule has 3 heterocycles. The molecule has 0 bridgehead atoms. The van der Waals surface area contributed by atoms with E-state index in [0.29, 0.717) is 12.4 Å². The normalized spacial score (nSPS) is 19.0. The number of aliphatic imine (C=N–C) groups is 1. The van der Waals surface area contributed by atoms with E-state index in [-0.39, 0.29) is 0 Å². The lowest BCUT2D eigenvalue weighted by atomic mass is 10.00. The van der Waals surface area contributed by atoms with Crippen molar-refractivity contribution < 1.29 is 0 Å². The molecule has 2 aromatic heterocycles. The Labute approximate surface area is 162 Å². The van der Waals surface area contributed by atoms with Crippen LogP contribution in [0.5, 0.6) is 0 Å². The van der Waals surface area contributed by atoms with Crippen molar-refractivity contribution in [2.24, 2.45) is 10.7 Å². The summed E-state index contributed by atoms with van der Waals surface area (Å²) in [4.78, 5) is 11.3. The molecule has 0 saturated carbocycles. The minimum absolute atomic E-state index is 0.648. The number of rotatable bonds is 4. The zero-order valence-electron chi connectivity index (χ0n) is 15.4. The number of benzene rings is 2. The van der Waals surface area contributed by atoms with E-state index in [1.54, 1.807) is 0 Å². The Balaban J connectivity index is 1.33. The van der Waals surface area contributed by atoms with Gasteiger partial charge in [0.1, 0.15) is 5.66 Å². The molecule has 28 heavy (non-hydrogen) atoms. The van der Waals surface area contributed by atoms with Crippen molar-refractivity contribution in [1.82, 2.24) is 15.3 Å². The molecule has 0 fully saturated rings. The molecule has 5 rings (SSSR count). The molecule has 4 aromatic rings. The maximum absolute atomic E-state index is 6.57. The Morgan fingerprint density at radius 2 is 1.96 bits per heavy atom. The number of fused-ring (bicyclic) bond motifs is 2. The van der Waals surface area contributed by atoms with Crippen LogP contribution in [0.15, 0.2) is 78.2 Å². The molecule has 0 radical (unpaired) electrons. The van der Waals surface area contributed by atoms with Gasteiger partial charge in [0.25, 0.3) is 0 Å². The van der Waals surface area contributed by atoms with Crippen molar-refractivity contribution in [2.75, 3.05) is 5.32 Å². The molecule has 6 N–H and O–H groups in total. The van der Waals surface area contributed by atoms with Crippen LogP contribution >= 0.6 is 0 Å². The summed E-state index contributed by atoms with van der Waals surface area (Å²) in [5.74, 6) is 0.648. The number of hydrogen-bond acceptors (Lipinski definition) is 4. The molecule has 0 spiro atoms. The summed E-state index contributed by atoms with van der Waals surface area (Å²) in [7, 11) is 0. The Morgan fingerprint density at radius 1 is 1.04 bits per heavy atom. The zero-order valence-corrected chi connectivity index (χ0v) is 15.4. The smallest absolute Gasteiger partial charge is 0.202 e. The van der Waals surface area contributed by atoms with Crippen molar-refractivity contribution in [3.63, 3.8) is 0 Å². The van der Waals surface area contributed by atoms with Gasteiger partial charge in [0.2, 0.25) is 5.96 Å². The van der Waals surface area contributed by atoms with Gasteiger partial charge in [-0.2, -0.15) is 0 Å². The van der Waals surface area contributed by atoms with E-state index >= 15 is 0 Å². The summed E-state index contributed by atoms with van der Waals surface area (Å²) < 4.78 is 0. The highest BCUT2D eigenvalue weighted by molar-refractivity contribution is 5.97. The summed E-state index contributed by atoms with van der Waals surface area (Å²) in [6.07, 6.45) is 9.33. The summed E-state index contributed by atoms with van der Waals surface area (Å²) in [5.41, 5.74) is 10.3. The van der Waals surface area contributed by atoms with Crippen LogP contribution in [0, 0.1) is 0 Å². The minimum atomic E-state index is -0.748. The average molecular weight is 370 g/mol. The van der Waals surface area contributed by atoms with Gasteiger partial charge in [-0.3, -0.25) is 0 Å². The highest BCUT2D eigenvalue weighted by Crippen LogP contribution is 2.24. The fourth-order valence-electron chi connectivity index (χ4n) is 3.68. The molecule has 140 valence electrons. The van der Waals surface area contributed by atoms with Crippen LogP contribution in [0.3, 0.4) is 0 Å². The summed E-state index contributed by atoms with van der Waals surface area (Å²) in [6.45, 7) is 0. The van der Waals surface area contributed by atoms with Crippen molar-refractivity contribution in [1.29, 1.82) is 0 Å². The van der Waals surface area contributed by atoms with Gasteiger partial charge in [0.05, 0.1) is 0 Å². The van der Waals surface area contributed by atoms with Crippen molar-refractivity contribution in [3.05, 3.63) is 78.8 Å². The number of hydrogen-bond donors (Lipinski definition) is 5. The number of nitrogens with two attached hydrogens (primary N) is 1. The van der Waals surface area contributed by atoms with Crippen LogP contribution in [0.2, 0.25) is 0 Å². The van der Waals surface area contributed by atoms with E-state index < -0.39 is 5.66 Å².